The number of carboxylic acids is 1. The van der Waals surface area contributed by atoms with Crippen molar-refractivity contribution >= 4 is 28.6 Å². The number of ether oxygens (including phenoxy) is 1. The van der Waals surface area contributed by atoms with Gasteiger partial charge < -0.3 is 9.84 Å². The molecule has 0 aliphatic carbocycles. The van der Waals surface area contributed by atoms with Gasteiger partial charge in [0.15, 0.2) is 0 Å². The SMILES string of the molecule is O=C(O)c1cc(NS(=O)O)c(Oc2ccccc2)c([N+](=O)[O-])c1. The zero-order chi connectivity index (χ0) is 17.0. The van der Waals surface area contributed by atoms with Gasteiger partial charge in [-0.1, -0.05) is 18.2 Å². The van der Waals surface area contributed by atoms with Gasteiger partial charge >= 0.3 is 11.7 Å². The van der Waals surface area contributed by atoms with Gasteiger partial charge in [0.1, 0.15) is 5.75 Å². The topological polar surface area (TPSA) is 139 Å². The third-order valence-corrected chi connectivity index (χ3v) is 3.07. The second-order valence-electron chi connectivity index (χ2n) is 4.20. The second kappa shape index (κ2) is 6.85. The minimum absolute atomic E-state index is 0.241. The van der Waals surface area contributed by atoms with E-state index in [1.165, 1.54) is 12.1 Å². The zero-order valence-corrected chi connectivity index (χ0v) is 12.1. The molecule has 1 atom stereocenters. The number of aromatic carboxylic acids is 1. The fourth-order valence-electron chi connectivity index (χ4n) is 1.76. The Balaban J connectivity index is 2.62. The normalized spacial score (nSPS) is 11.5. The number of carbonyl (C=O) groups is 1. The van der Waals surface area contributed by atoms with Crippen LogP contribution in [0.1, 0.15) is 10.4 Å². The van der Waals surface area contributed by atoms with Crippen LogP contribution >= 0.6 is 0 Å². The fourth-order valence-corrected chi connectivity index (χ4v) is 2.10. The van der Waals surface area contributed by atoms with Crippen LogP contribution in [-0.2, 0) is 11.3 Å². The van der Waals surface area contributed by atoms with Crippen LogP contribution in [0.5, 0.6) is 11.5 Å². The minimum Gasteiger partial charge on any atom is -0.478 e. The van der Waals surface area contributed by atoms with E-state index in [2.05, 4.69) is 0 Å². The maximum absolute atomic E-state index is 11.2. The molecule has 0 aliphatic heterocycles. The molecule has 0 heterocycles. The lowest BCUT2D eigenvalue weighted by molar-refractivity contribution is -0.385. The summed E-state index contributed by atoms with van der Waals surface area (Å²) in [6.45, 7) is 0. The van der Waals surface area contributed by atoms with E-state index < -0.39 is 33.4 Å². The molecule has 2 aromatic carbocycles. The van der Waals surface area contributed by atoms with Crippen LogP contribution in [0.4, 0.5) is 11.4 Å². The first-order valence-corrected chi connectivity index (χ1v) is 7.15. The van der Waals surface area contributed by atoms with E-state index in [9.17, 15) is 19.1 Å². The van der Waals surface area contributed by atoms with Gasteiger partial charge in [0.25, 0.3) is 11.3 Å². The third-order valence-electron chi connectivity index (χ3n) is 2.67. The van der Waals surface area contributed by atoms with Gasteiger partial charge in [0.2, 0.25) is 5.75 Å². The second-order valence-corrected chi connectivity index (χ2v) is 4.90. The molecular formula is C13H10N2O7S. The fraction of sp³-hybridized carbons (Fsp3) is 0. The molecule has 0 aliphatic rings. The Bertz CT molecular complexity index is 779. The molecule has 120 valence electrons. The largest absolute Gasteiger partial charge is 0.478 e. The molecule has 10 heteroatoms. The first-order chi connectivity index (χ1) is 10.9. The Morgan fingerprint density at radius 3 is 2.43 bits per heavy atom. The van der Waals surface area contributed by atoms with Crippen molar-refractivity contribution in [3.05, 3.63) is 58.1 Å². The van der Waals surface area contributed by atoms with Gasteiger partial charge in [0.05, 0.1) is 16.2 Å². The van der Waals surface area contributed by atoms with Crippen molar-refractivity contribution in [1.82, 2.24) is 0 Å². The highest BCUT2D eigenvalue weighted by molar-refractivity contribution is 7.80. The van der Waals surface area contributed by atoms with E-state index in [4.69, 9.17) is 14.4 Å². The highest BCUT2D eigenvalue weighted by Crippen LogP contribution is 2.39. The van der Waals surface area contributed by atoms with Gasteiger partial charge in [-0.25, -0.2) is 9.00 Å². The summed E-state index contributed by atoms with van der Waals surface area (Å²) in [4.78, 5) is 21.4. The molecule has 23 heavy (non-hydrogen) atoms. The summed E-state index contributed by atoms with van der Waals surface area (Å²) in [5, 5.41) is 20.2. The van der Waals surface area contributed by atoms with Gasteiger partial charge in [-0.05, 0) is 18.2 Å². The number of hydrogen-bond donors (Lipinski definition) is 3. The Morgan fingerprint density at radius 1 is 1.26 bits per heavy atom. The van der Waals surface area contributed by atoms with Crippen LogP contribution in [0, 0.1) is 10.1 Å². The molecule has 0 fully saturated rings. The highest BCUT2D eigenvalue weighted by Gasteiger charge is 2.25. The van der Waals surface area contributed by atoms with Crippen molar-refractivity contribution < 1.29 is 28.3 Å². The Labute approximate surface area is 132 Å². The monoisotopic (exact) mass is 338 g/mol. The Kier molecular flexibility index (Phi) is 4.88. The number of rotatable bonds is 6. The molecule has 0 saturated carbocycles. The van der Waals surface area contributed by atoms with Crippen LogP contribution < -0.4 is 9.46 Å². The van der Waals surface area contributed by atoms with E-state index >= 15 is 0 Å². The number of para-hydroxylation sites is 1. The zero-order valence-electron chi connectivity index (χ0n) is 11.3. The first kappa shape index (κ1) is 16.4. The van der Waals surface area contributed by atoms with E-state index in [1.54, 1.807) is 18.2 Å². The van der Waals surface area contributed by atoms with Crippen molar-refractivity contribution in [2.45, 2.75) is 0 Å². The van der Waals surface area contributed by atoms with E-state index in [-0.39, 0.29) is 17.2 Å². The summed E-state index contributed by atoms with van der Waals surface area (Å²) in [5.74, 6) is -1.55. The summed E-state index contributed by atoms with van der Waals surface area (Å²) in [5.41, 5.74) is -1.37. The smallest absolute Gasteiger partial charge is 0.336 e. The summed E-state index contributed by atoms with van der Waals surface area (Å²) in [7, 11) is 0. The lowest BCUT2D eigenvalue weighted by Crippen LogP contribution is -2.08. The molecule has 9 nitrogen and oxygen atoms in total. The standard InChI is InChI=1S/C13H10N2O7S/c16-13(17)8-6-10(14-23(20)21)12(11(7-8)15(18)19)22-9-4-2-1-3-5-9/h1-7,14H,(H,16,17)(H,20,21). The van der Waals surface area contributed by atoms with Gasteiger partial charge in [-0.3, -0.25) is 19.4 Å². The number of nitro groups is 1. The van der Waals surface area contributed by atoms with E-state index in [1.807, 2.05) is 4.72 Å². The molecule has 0 bridgehead atoms. The van der Waals surface area contributed by atoms with Crippen molar-refractivity contribution in [2.24, 2.45) is 0 Å². The number of nitrogens with zero attached hydrogens (tertiary/aromatic N) is 1. The first-order valence-electron chi connectivity index (χ1n) is 6.04. The van der Waals surface area contributed by atoms with Crippen molar-refractivity contribution in [3.8, 4) is 11.5 Å². The minimum atomic E-state index is -2.57. The lowest BCUT2D eigenvalue weighted by Gasteiger charge is -2.12. The van der Waals surface area contributed by atoms with Crippen molar-refractivity contribution in [2.75, 3.05) is 4.72 Å². The van der Waals surface area contributed by atoms with E-state index in [0.717, 1.165) is 12.1 Å². The summed E-state index contributed by atoms with van der Waals surface area (Å²) >= 11 is -2.57. The Hall–Kier alpha value is -2.98. The van der Waals surface area contributed by atoms with Gasteiger partial charge in [0, 0.05) is 6.07 Å². The molecule has 1 unspecified atom stereocenters. The quantitative estimate of drug-likeness (QED) is 0.418. The molecule has 0 amide bonds. The van der Waals surface area contributed by atoms with Crippen molar-refractivity contribution in [3.63, 3.8) is 0 Å². The number of benzene rings is 2. The van der Waals surface area contributed by atoms with Crippen molar-refractivity contribution in [1.29, 1.82) is 0 Å². The maximum atomic E-state index is 11.2. The summed E-state index contributed by atoms with van der Waals surface area (Å²) in [6, 6.07) is 9.79. The maximum Gasteiger partial charge on any atom is 0.336 e. The van der Waals surface area contributed by atoms with Gasteiger partial charge in [-0.2, -0.15) is 0 Å². The van der Waals surface area contributed by atoms with Crippen LogP contribution in [-0.4, -0.2) is 24.8 Å². The average Bonchev–Trinajstić information content (AvgIpc) is 2.48. The average molecular weight is 338 g/mol. The van der Waals surface area contributed by atoms with Crippen LogP contribution in [0.2, 0.25) is 0 Å². The number of carboxylic acid groups (broad SMARTS) is 1. The van der Waals surface area contributed by atoms with E-state index in [0.29, 0.717) is 0 Å². The van der Waals surface area contributed by atoms with Crippen LogP contribution in [0.25, 0.3) is 0 Å². The number of nitrogens with one attached hydrogen (secondary N) is 1. The molecule has 2 aromatic rings. The Morgan fingerprint density at radius 2 is 1.91 bits per heavy atom. The molecule has 0 radical (unpaired) electrons. The predicted octanol–water partition coefficient (Wildman–Crippen LogP) is 2.63. The number of nitro benzene ring substituents is 1. The molecule has 0 saturated heterocycles. The molecule has 2 rings (SSSR count). The molecule has 0 spiro atoms. The van der Waals surface area contributed by atoms with Crippen LogP contribution in [0.3, 0.4) is 0 Å². The highest BCUT2D eigenvalue weighted by atomic mass is 32.2. The third kappa shape index (κ3) is 4.02. The molecular weight excluding hydrogens is 328 g/mol. The number of hydrogen-bond acceptors (Lipinski definition) is 5. The lowest BCUT2D eigenvalue weighted by atomic mass is 10.1. The van der Waals surface area contributed by atoms with Crippen LogP contribution in [0.15, 0.2) is 42.5 Å². The summed E-state index contributed by atoms with van der Waals surface area (Å²) < 4.78 is 27.3. The molecule has 3 N–H and O–H groups in total. The summed E-state index contributed by atoms with van der Waals surface area (Å²) in [6.07, 6.45) is 0. The predicted molar refractivity (Wildman–Crippen MR) is 81.0 cm³/mol. The number of anilines is 1. The molecule has 0 aromatic heterocycles. The van der Waals surface area contributed by atoms with Gasteiger partial charge in [-0.15, -0.1) is 0 Å².